The highest BCUT2D eigenvalue weighted by atomic mass is 32.1. The van der Waals surface area contributed by atoms with Gasteiger partial charge < -0.3 is 15.2 Å². The first-order valence-electron chi connectivity index (χ1n) is 6.42. The first-order valence-corrected chi connectivity index (χ1v) is 6.83. The molecule has 6 nitrogen and oxygen atoms in total. The van der Waals surface area contributed by atoms with Crippen LogP contribution in [-0.2, 0) is 4.74 Å². The molecule has 0 bridgehead atoms. The molecule has 0 aliphatic rings. The van der Waals surface area contributed by atoms with Crippen LogP contribution in [0.25, 0.3) is 0 Å². The molecule has 0 saturated carbocycles. The molecule has 1 aromatic carbocycles. The van der Waals surface area contributed by atoms with Gasteiger partial charge in [-0.25, -0.2) is 4.79 Å². The molecule has 1 amide bonds. The van der Waals surface area contributed by atoms with E-state index in [0.717, 1.165) is 0 Å². The molecule has 21 heavy (non-hydrogen) atoms. The van der Waals surface area contributed by atoms with E-state index in [2.05, 4.69) is 15.4 Å². The number of nitrogens with one attached hydrogen (secondary N) is 2. The van der Waals surface area contributed by atoms with E-state index >= 15 is 0 Å². The second kappa shape index (κ2) is 8.33. The first-order chi connectivity index (χ1) is 10.0. The van der Waals surface area contributed by atoms with E-state index in [1.165, 1.54) is 13.2 Å². The van der Waals surface area contributed by atoms with Gasteiger partial charge in [-0.05, 0) is 36.8 Å². The molecule has 1 atom stereocenters. The van der Waals surface area contributed by atoms with Crippen LogP contribution in [-0.4, -0.2) is 41.9 Å². The Labute approximate surface area is 128 Å². The van der Waals surface area contributed by atoms with Crippen LogP contribution in [0.15, 0.2) is 24.3 Å². The number of hydrogen-bond acceptors (Lipinski definition) is 5. The molecule has 1 unspecified atom stereocenters. The Kier molecular flexibility index (Phi) is 6.77. The standard InChI is InChI=1S/C14H18N2O4S/c1-3-11(8-17)15-14(21)16-12(18)9-5-4-6-10(7-9)13(19)20-2/h4-7,11,17H,3,8H2,1-2H3,(H2,15,16,18,21). The minimum Gasteiger partial charge on any atom is -0.465 e. The van der Waals surface area contributed by atoms with E-state index in [9.17, 15) is 9.59 Å². The van der Waals surface area contributed by atoms with Crippen LogP contribution in [0, 0.1) is 0 Å². The summed E-state index contributed by atoms with van der Waals surface area (Å²) >= 11 is 5.00. The smallest absolute Gasteiger partial charge is 0.337 e. The van der Waals surface area contributed by atoms with Crippen molar-refractivity contribution in [2.45, 2.75) is 19.4 Å². The van der Waals surface area contributed by atoms with E-state index < -0.39 is 11.9 Å². The third-order valence-corrected chi connectivity index (χ3v) is 3.04. The van der Waals surface area contributed by atoms with Crippen LogP contribution in [0.5, 0.6) is 0 Å². The monoisotopic (exact) mass is 310 g/mol. The lowest BCUT2D eigenvalue weighted by atomic mass is 10.1. The van der Waals surface area contributed by atoms with Gasteiger partial charge in [0.2, 0.25) is 0 Å². The van der Waals surface area contributed by atoms with Gasteiger partial charge >= 0.3 is 5.97 Å². The highest BCUT2D eigenvalue weighted by Gasteiger charge is 2.13. The molecule has 0 heterocycles. The summed E-state index contributed by atoms with van der Waals surface area (Å²) < 4.78 is 4.60. The zero-order chi connectivity index (χ0) is 15.8. The SMILES string of the molecule is CCC(CO)NC(=S)NC(=O)c1cccc(C(=O)OC)c1. The van der Waals surface area contributed by atoms with Gasteiger partial charge in [-0.3, -0.25) is 10.1 Å². The zero-order valence-electron chi connectivity index (χ0n) is 11.9. The molecule has 7 heteroatoms. The van der Waals surface area contributed by atoms with Gasteiger partial charge in [-0.15, -0.1) is 0 Å². The van der Waals surface area contributed by atoms with Crippen LogP contribution in [0.1, 0.15) is 34.1 Å². The molecule has 0 aliphatic carbocycles. The first kappa shape index (κ1) is 17.1. The number of aliphatic hydroxyl groups excluding tert-OH is 1. The molecule has 1 aromatic rings. The Morgan fingerprint density at radius 3 is 2.62 bits per heavy atom. The van der Waals surface area contributed by atoms with E-state index in [1.807, 2.05) is 6.92 Å². The number of amides is 1. The van der Waals surface area contributed by atoms with Gasteiger partial charge in [0.1, 0.15) is 0 Å². The second-order valence-corrected chi connectivity index (χ2v) is 4.70. The van der Waals surface area contributed by atoms with E-state index in [-0.39, 0.29) is 23.3 Å². The summed E-state index contributed by atoms with van der Waals surface area (Å²) in [6, 6.07) is 5.92. The number of methoxy groups -OCH3 is 1. The molecule has 3 N–H and O–H groups in total. The number of hydrogen-bond donors (Lipinski definition) is 3. The van der Waals surface area contributed by atoms with Crippen molar-refractivity contribution >= 4 is 29.2 Å². The molecule has 1 rings (SSSR count). The minimum atomic E-state index is -0.517. The topological polar surface area (TPSA) is 87.7 Å². The van der Waals surface area contributed by atoms with Crippen molar-refractivity contribution < 1.29 is 19.4 Å². The molecule has 0 saturated heterocycles. The van der Waals surface area contributed by atoms with E-state index in [4.69, 9.17) is 17.3 Å². The Morgan fingerprint density at radius 2 is 2.05 bits per heavy atom. The van der Waals surface area contributed by atoms with Crippen LogP contribution < -0.4 is 10.6 Å². The van der Waals surface area contributed by atoms with Crippen LogP contribution >= 0.6 is 12.2 Å². The molecule has 114 valence electrons. The van der Waals surface area contributed by atoms with Gasteiger partial charge in [0, 0.05) is 5.56 Å². The summed E-state index contributed by atoms with van der Waals surface area (Å²) in [5.74, 6) is -0.956. The van der Waals surface area contributed by atoms with Crippen molar-refractivity contribution in [3.8, 4) is 0 Å². The summed E-state index contributed by atoms with van der Waals surface area (Å²) in [5, 5.41) is 14.5. The summed E-state index contributed by atoms with van der Waals surface area (Å²) in [6.07, 6.45) is 0.671. The number of benzene rings is 1. The normalized spacial score (nSPS) is 11.4. The molecule has 0 aromatic heterocycles. The van der Waals surface area contributed by atoms with Crippen LogP contribution in [0.2, 0.25) is 0 Å². The lowest BCUT2D eigenvalue weighted by molar-refractivity contribution is 0.0600. The number of rotatable bonds is 5. The summed E-state index contributed by atoms with van der Waals surface area (Å²) in [5.41, 5.74) is 0.574. The quantitative estimate of drug-likeness (QED) is 0.552. The molecule has 0 radical (unpaired) electrons. The number of aliphatic hydroxyl groups is 1. The predicted molar refractivity (Wildman–Crippen MR) is 82.1 cm³/mol. The third-order valence-electron chi connectivity index (χ3n) is 2.82. The number of carbonyl (C=O) groups is 2. The minimum absolute atomic E-state index is 0.0790. The maximum absolute atomic E-state index is 12.0. The molecule has 0 spiro atoms. The van der Waals surface area contributed by atoms with Crippen molar-refractivity contribution in [2.24, 2.45) is 0 Å². The van der Waals surface area contributed by atoms with Gasteiger partial charge in [0.25, 0.3) is 5.91 Å². The van der Waals surface area contributed by atoms with Gasteiger partial charge in [-0.1, -0.05) is 13.0 Å². The Balaban J connectivity index is 2.71. The second-order valence-electron chi connectivity index (χ2n) is 4.29. The number of esters is 1. The Hall–Kier alpha value is -1.99. The summed E-state index contributed by atoms with van der Waals surface area (Å²) in [7, 11) is 1.27. The molecular weight excluding hydrogens is 292 g/mol. The summed E-state index contributed by atoms with van der Waals surface area (Å²) in [6.45, 7) is 1.81. The Bertz CT molecular complexity index is 529. The Morgan fingerprint density at radius 1 is 1.38 bits per heavy atom. The number of ether oxygens (including phenoxy) is 1. The highest BCUT2D eigenvalue weighted by molar-refractivity contribution is 7.80. The molecule has 0 fully saturated rings. The maximum Gasteiger partial charge on any atom is 0.337 e. The fraction of sp³-hybridized carbons (Fsp3) is 0.357. The average molecular weight is 310 g/mol. The van der Waals surface area contributed by atoms with Crippen molar-refractivity contribution in [2.75, 3.05) is 13.7 Å². The number of carbonyl (C=O) groups excluding carboxylic acids is 2. The van der Waals surface area contributed by atoms with E-state index in [1.54, 1.807) is 18.2 Å². The van der Waals surface area contributed by atoms with Gasteiger partial charge in [-0.2, -0.15) is 0 Å². The lowest BCUT2D eigenvalue weighted by Gasteiger charge is -2.16. The van der Waals surface area contributed by atoms with Crippen LogP contribution in [0.4, 0.5) is 0 Å². The third kappa shape index (κ3) is 5.13. The maximum atomic E-state index is 12.0. The molecule has 0 aliphatic heterocycles. The van der Waals surface area contributed by atoms with E-state index in [0.29, 0.717) is 12.0 Å². The fourth-order valence-corrected chi connectivity index (χ4v) is 1.84. The lowest BCUT2D eigenvalue weighted by Crippen LogP contribution is -2.45. The highest BCUT2D eigenvalue weighted by Crippen LogP contribution is 2.06. The predicted octanol–water partition coefficient (Wildman–Crippen LogP) is 0.848. The van der Waals surface area contributed by atoms with Crippen molar-refractivity contribution in [3.05, 3.63) is 35.4 Å². The van der Waals surface area contributed by atoms with Crippen molar-refractivity contribution in [1.82, 2.24) is 10.6 Å². The largest absolute Gasteiger partial charge is 0.465 e. The average Bonchev–Trinajstić information content (AvgIpc) is 2.51. The fourth-order valence-electron chi connectivity index (χ4n) is 1.58. The molecular formula is C14H18N2O4S. The van der Waals surface area contributed by atoms with Crippen molar-refractivity contribution in [1.29, 1.82) is 0 Å². The number of thiocarbonyl (C=S) groups is 1. The van der Waals surface area contributed by atoms with Gasteiger partial charge in [0.15, 0.2) is 5.11 Å². The summed E-state index contributed by atoms with van der Waals surface area (Å²) in [4.78, 5) is 23.4. The van der Waals surface area contributed by atoms with Crippen LogP contribution in [0.3, 0.4) is 0 Å². The zero-order valence-corrected chi connectivity index (χ0v) is 12.7. The van der Waals surface area contributed by atoms with Gasteiger partial charge in [0.05, 0.1) is 25.3 Å². The van der Waals surface area contributed by atoms with Crippen molar-refractivity contribution in [3.63, 3.8) is 0 Å².